The van der Waals surface area contributed by atoms with Gasteiger partial charge >= 0.3 is 6.09 Å². The number of nitrogens with zero attached hydrogens (tertiary/aromatic N) is 3. The van der Waals surface area contributed by atoms with Crippen LogP contribution in [0.5, 0.6) is 0 Å². The molecule has 2 atom stereocenters. The van der Waals surface area contributed by atoms with Crippen molar-refractivity contribution in [2.24, 2.45) is 0 Å². The van der Waals surface area contributed by atoms with Gasteiger partial charge in [-0.1, -0.05) is 59.9 Å². The number of benzene rings is 3. The lowest BCUT2D eigenvalue weighted by atomic mass is 9.98. The number of pyridine rings is 1. The van der Waals surface area contributed by atoms with Gasteiger partial charge in [0.1, 0.15) is 22.3 Å². The lowest BCUT2D eigenvalue weighted by Crippen LogP contribution is -2.50. The topological polar surface area (TPSA) is 107 Å². The first kappa shape index (κ1) is 32.4. The molecule has 0 saturated carbocycles. The maximum absolute atomic E-state index is 14.8. The van der Waals surface area contributed by atoms with E-state index in [1.807, 2.05) is 59.0 Å². The number of fused-ring (bicyclic) bond motifs is 4. The van der Waals surface area contributed by atoms with E-state index in [-0.39, 0.29) is 42.3 Å². The van der Waals surface area contributed by atoms with Crippen molar-refractivity contribution >= 4 is 84.2 Å². The molecule has 9 nitrogen and oxygen atoms in total. The van der Waals surface area contributed by atoms with Crippen LogP contribution in [0.1, 0.15) is 27.4 Å². The van der Waals surface area contributed by atoms with Gasteiger partial charge in [-0.05, 0) is 87.4 Å². The molecule has 244 valence electrons. The van der Waals surface area contributed by atoms with Crippen LogP contribution in [0.3, 0.4) is 0 Å². The van der Waals surface area contributed by atoms with E-state index in [9.17, 15) is 19.1 Å². The van der Waals surface area contributed by atoms with E-state index < -0.39 is 24.1 Å². The van der Waals surface area contributed by atoms with Crippen LogP contribution >= 0.6 is 46.1 Å². The monoisotopic (exact) mass is 793 g/mol. The Labute approximate surface area is 298 Å². The SMILES string of the molecule is CN(C(=S)NC(=O)OCC1c2ccccc2-c2ccccc21)[C@H]1CN(C(=O)c2c(Nc3ccc(I)cc3F)sc3ncccc23)C[C@H]1O. The second kappa shape index (κ2) is 13.4. The van der Waals surface area contributed by atoms with Crippen LogP contribution in [0.25, 0.3) is 21.3 Å². The smallest absolute Gasteiger partial charge is 0.413 e. The van der Waals surface area contributed by atoms with Gasteiger partial charge in [0.05, 0.1) is 23.4 Å². The molecule has 1 fully saturated rings. The van der Waals surface area contributed by atoms with Crippen LogP contribution < -0.4 is 10.6 Å². The summed E-state index contributed by atoms with van der Waals surface area (Å²) in [7, 11) is 1.66. The van der Waals surface area contributed by atoms with Gasteiger partial charge in [0.15, 0.2) is 5.11 Å². The molecule has 0 spiro atoms. The third-order valence-electron chi connectivity index (χ3n) is 8.78. The summed E-state index contributed by atoms with van der Waals surface area (Å²) in [6.45, 7) is 0.306. The maximum Gasteiger partial charge on any atom is 0.413 e. The van der Waals surface area contributed by atoms with Crippen LogP contribution in [0.2, 0.25) is 0 Å². The lowest BCUT2D eigenvalue weighted by Gasteiger charge is -2.28. The van der Waals surface area contributed by atoms with Gasteiger partial charge in [-0.15, -0.1) is 0 Å². The number of amides is 2. The molecule has 0 bridgehead atoms. The molecule has 2 aromatic heterocycles. The number of carbonyl (C=O) groups excluding carboxylic acids is 2. The second-order valence-corrected chi connectivity index (χ2v) is 14.3. The number of thiocarbonyl (C=S) groups is 1. The molecule has 3 N–H and O–H groups in total. The fourth-order valence-electron chi connectivity index (χ4n) is 6.38. The average Bonchev–Trinajstić information content (AvgIpc) is 3.75. The minimum atomic E-state index is -0.950. The summed E-state index contributed by atoms with van der Waals surface area (Å²) >= 11 is 8.81. The van der Waals surface area contributed by atoms with Gasteiger partial charge in [0.25, 0.3) is 5.91 Å². The molecule has 48 heavy (non-hydrogen) atoms. The zero-order valence-electron chi connectivity index (χ0n) is 25.5. The molecule has 13 heteroatoms. The molecule has 1 aliphatic carbocycles. The Bertz CT molecular complexity index is 2030. The molecular formula is C35H29FIN5O4S2. The Hall–Kier alpha value is -4.18. The minimum absolute atomic E-state index is 0.0380. The molecule has 0 unspecified atom stereocenters. The van der Waals surface area contributed by atoms with Crippen molar-refractivity contribution in [3.63, 3.8) is 0 Å². The van der Waals surface area contributed by atoms with Crippen molar-refractivity contribution in [3.05, 3.63) is 111 Å². The number of likely N-dealkylation sites (N-methyl/N-ethyl adjacent to an activating group) is 1. The number of likely N-dealkylation sites (tertiary alicyclic amines) is 1. The number of carbonyl (C=O) groups is 2. The number of aliphatic hydroxyl groups is 1. The first-order valence-electron chi connectivity index (χ1n) is 15.1. The molecule has 2 aliphatic rings. The van der Waals surface area contributed by atoms with Crippen LogP contribution in [-0.4, -0.2) is 75.9 Å². The normalized spacial score (nSPS) is 16.8. The van der Waals surface area contributed by atoms with Gasteiger partial charge in [0, 0.05) is 41.2 Å². The third-order valence-corrected chi connectivity index (χ3v) is 10.9. The number of ether oxygens (including phenoxy) is 1. The van der Waals surface area contributed by atoms with Crippen molar-refractivity contribution in [3.8, 4) is 11.1 Å². The number of halogens is 2. The van der Waals surface area contributed by atoms with E-state index in [0.29, 0.717) is 20.8 Å². The number of aromatic nitrogens is 1. The molecule has 3 aromatic carbocycles. The largest absolute Gasteiger partial charge is 0.448 e. The van der Waals surface area contributed by atoms with Crippen molar-refractivity contribution in [2.75, 3.05) is 32.1 Å². The predicted octanol–water partition coefficient (Wildman–Crippen LogP) is 6.72. The van der Waals surface area contributed by atoms with Gasteiger partial charge in [-0.3, -0.25) is 10.1 Å². The molecule has 0 radical (unpaired) electrons. The fourth-order valence-corrected chi connectivity index (χ4v) is 8.10. The van der Waals surface area contributed by atoms with E-state index in [0.717, 1.165) is 25.8 Å². The number of rotatable bonds is 6. The second-order valence-electron chi connectivity index (χ2n) is 11.6. The Kier molecular flexibility index (Phi) is 9.02. The highest BCUT2D eigenvalue weighted by atomic mass is 127. The van der Waals surface area contributed by atoms with Crippen LogP contribution in [0.4, 0.5) is 19.9 Å². The minimum Gasteiger partial charge on any atom is -0.448 e. The van der Waals surface area contributed by atoms with Crippen molar-refractivity contribution in [1.29, 1.82) is 0 Å². The van der Waals surface area contributed by atoms with Gasteiger partial charge in [0.2, 0.25) is 0 Å². The van der Waals surface area contributed by atoms with Crippen molar-refractivity contribution in [1.82, 2.24) is 20.1 Å². The van der Waals surface area contributed by atoms with E-state index in [2.05, 4.69) is 27.8 Å². The Morgan fingerprint density at radius 2 is 1.79 bits per heavy atom. The summed E-state index contributed by atoms with van der Waals surface area (Å²) in [5, 5.41) is 17.9. The quantitative estimate of drug-likeness (QED) is 0.129. The summed E-state index contributed by atoms with van der Waals surface area (Å²) in [6, 6.07) is 23.9. The van der Waals surface area contributed by atoms with E-state index >= 15 is 0 Å². The molecule has 7 rings (SSSR count). The number of hydrogen-bond donors (Lipinski definition) is 3. The van der Waals surface area contributed by atoms with Crippen LogP contribution in [0, 0.1) is 9.39 Å². The van der Waals surface area contributed by atoms with Crippen molar-refractivity contribution < 1.29 is 23.8 Å². The first-order valence-corrected chi connectivity index (χ1v) is 17.5. The summed E-state index contributed by atoms with van der Waals surface area (Å²) in [5.41, 5.74) is 5.03. The van der Waals surface area contributed by atoms with E-state index in [1.165, 1.54) is 22.3 Å². The highest BCUT2D eigenvalue weighted by Crippen LogP contribution is 2.44. The van der Waals surface area contributed by atoms with Gasteiger partial charge in [-0.2, -0.15) is 0 Å². The number of thiophene rings is 1. The number of aliphatic hydroxyl groups excluding tert-OH is 1. The maximum atomic E-state index is 14.8. The Morgan fingerprint density at radius 3 is 2.50 bits per heavy atom. The molecular weight excluding hydrogens is 764 g/mol. The number of alkyl carbamates (subject to hydrolysis) is 1. The summed E-state index contributed by atoms with van der Waals surface area (Å²) in [5.74, 6) is -0.884. The van der Waals surface area contributed by atoms with Gasteiger partial charge < -0.3 is 25.0 Å². The Balaban J connectivity index is 1.02. The first-order chi connectivity index (χ1) is 23.2. The molecule has 1 aliphatic heterocycles. The standard InChI is InChI=1S/C35H29FIN5O4S2/c1-41(34(47)40-35(45)46-18-25-22-9-4-2-7-20(22)21-8-3-5-10-23(21)25)28-16-42(17-29(28)43)33(44)30-24-11-6-14-38-31(24)48-32(30)39-27-13-12-19(37)15-26(27)36/h2-15,25,28-29,39,43H,16-18H2,1H3,(H,40,45,47)/t28-,29+/m0/s1. The molecule has 5 aromatic rings. The summed E-state index contributed by atoms with van der Waals surface area (Å²) < 4.78 is 21.2. The van der Waals surface area contributed by atoms with E-state index in [1.54, 1.807) is 42.4 Å². The highest BCUT2D eigenvalue weighted by Gasteiger charge is 2.39. The van der Waals surface area contributed by atoms with Crippen molar-refractivity contribution in [2.45, 2.75) is 18.1 Å². The summed E-state index contributed by atoms with van der Waals surface area (Å²) in [4.78, 5) is 35.1. The third kappa shape index (κ3) is 6.11. The number of anilines is 2. The predicted molar refractivity (Wildman–Crippen MR) is 196 cm³/mol. The van der Waals surface area contributed by atoms with Crippen LogP contribution in [0.15, 0.2) is 85.1 Å². The number of hydrogen-bond acceptors (Lipinski definition) is 8. The lowest BCUT2D eigenvalue weighted by molar-refractivity contribution is 0.0767. The van der Waals surface area contributed by atoms with Gasteiger partial charge in [-0.25, -0.2) is 14.2 Å². The number of β-amino-alcohol motifs (C(OH)–C–C–N with tert-alkyl or cyclic N) is 1. The zero-order valence-corrected chi connectivity index (χ0v) is 29.3. The Morgan fingerprint density at radius 1 is 1.08 bits per heavy atom. The average molecular weight is 794 g/mol. The fraction of sp³-hybridized carbons (Fsp3) is 0.200. The molecule has 3 heterocycles. The van der Waals surface area contributed by atoms with Crippen LogP contribution in [-0.2, 0) is 4.74 Å². The molecule has 2 amide bonds. The number of nitrogens with one attached hydrogen (secondary N) is 2. The summed E-state index contributed by atoms with van der Waals surface area (Å²) in [6.07, 6.45) is -0.0172. The molecule has 1 saturated heterocycles. The zero-order chi connectivity index (χ0) is 33.5. The van der Waals surface area contributed by atoms with E-state index in [4.69, 9.17) is 17.0 Å². The highest BCUT2D eigenvalue weighted by molar-refractivity contribution is 14.1.